The summed E-state index contributed by atoms with van der Waals surface area (Å²) in [6.45, 7) is 3.61. The van der Waals surface area contributed by atoms with Crippen LogP contribution in [-0.2, 0) is 32.0 Å². The Morgan fingerprint density at radius 3 is 1.61 bits per heavy atom. The highest BCUT2D eigenvalue weighted by atomic mass is 16.5. The largest absolute Gasteiger partial charge is 0.452 e. The second-order valence-electron chi connectivity index (χ2n) is 11.6. The van der Waals surface area contributed by atoms with Crippen LogP contribution in [0.5, 0.6) is 0 Å². The third kappa shape index (κ3) is 4.26. The Kier molecular flexibility index (Phi) is 6.88. The molecule has 0 saturated carbocycles. The van der Waals surface area contributed by atoms with Crippen LogP contribution in [0.15, 0.2) is 91.0 Å². The SMILES string of the molecule is CCc1cccc(CC)c1NC(=O)COC(=O)c1ccc(N2C(=O)[C@@H]3C4c5ccccc5C(c5ccccc54)[C@H]3C2=O)cc1. The fourth-order valence-corrected chi connectivity index (χ4v) is 7.47. The molecule has 4 aromatic rings. The Balaban J connectivity index is 1.08. The van der Waals surface area contributed by atoms with Gasteiger partial charge in [0.25, 0.3) is 5.91 Å². The van der Waals surface area contributed by atoms with Gasteiger partial charge in [-0.05, 0) is 70.5 Å². The maximum absolute atomic E-state index is 14.0. The molecule has 0 spiro atoms. The second kappa shape index (κ2) is 10.9. The van der Waals surface area contributed by atoms with Crippen LogP contribution in [-0.4, -0.2) is 30.3 Å². The number of esters is 1. The summed E-state index contributed by atoms with van der Waals surface area (Å²) in [4.78, 5) is 54.7. The van der Waals surface area contributed by atoms with Crippen LogP contribution in [0.25, 0.3) is 0 Å². The van der Waals surface area contributed by atoms with Crippen molar-refractivity contribution in [1.29, 1.82) is 0 Å². The van der Waals surface area contributed by atoms with E-state index in [1.807, 2.05) is 56.3 Å². The van der Waals surface area contributed by atoms with Crippen LogP contribution in [0.2, 0.25) is 0 Å². The van der Waals surface area contributed by atoms with Crippen LogP contribution in [0.3, 0.4) is 0 Å². The van der Waals surface area contributed by atoms with Crippen molar-refractivity contribution in [3.8, 4) is 0 Å². The highest BCUT2D eigenvalue weighted by molar-refractivity contribution is 6.23. The molecule has 220 valence electrons. The van der Waals surface area contributed by atoms with Gasteiger partial charge in [-0.1, -0.05) is 80.6 Å². The van der Waals surface area contributed by atoms with E-state index in [9.17, 15) is 19.2 Å². The van der Waals surface area contributed by atoms with Crippen LogP contribution in [0.4, 0.5) is 11.4 Å². The summed E-state index contributed by atoms with van der Waals surface area (Å²) in [6, 6.07) is 28.4. The van der Waals surface area contributed by atoms with E-state index in [1.54, 1.807) is 12.1 Å². The minimum absolute atomic E-state index is 0.183. The Labute approximate surface area is 255 Å². The van der Waals surface area contributed by atoms with Crippen LogP contribution in [0, 0.1) is 11.8 Å². The van der Waals surface area contributed by atoms with E-state index in [2.05, 4.69) is 29.6 Å². The molecule has 1 N–H and O–H groups in total. The fourth-order valence-electron chi connectivity index (χ4n) is 7.47. The Morgan fingerprint density at radius 2 is 1.16 bits per heavy atom. The maximum atomic E-state index is 14.0. The minimum Gasteiger partial charge on any atom is -0.452 e. The number of amides is 3. The number of hydrogen-bond acceptors (Lipinski definition) is 5. The van der Waals surface area contributed by atoms with E-state index in [1.165, 1.54) is 17.0 Å². The number of hydrogen-bond donors (Lipinski definition) is 1. The molecule has 1 fully saturated rings. The topological polar surface area (TPSA) is 92.8 Å². The molecule has 3 amide bonds. The van der Waals surface area contributed by atoms with Gasteiger partial charge in [-0.25, -0.2) is 9.69 Å². The number of benzene rings is 4. The van der Waals surface area contributed by atoms with Gasteiger partial charge in [-0.2, -0.15) is 0 Å². The van der Waals surface area contributed by atoms with Crippen molar-refractivity contribution in [2.45, 2.75) is 38.5 Å². The van der Waals surface area contributed by atoms with Crippen molar-refractivity contribution in [2.24, 2.45) is 11.8 Å². The van der Waals surface area contributed by atoms with E-state index < -0.39 is 30.3 Å². The van der Waals surface area contributed by atoms with Gasteiger partial charge in [0.2, 0.25) is 11.8 Å². The third-order valence-electron chi connectivity index (χ3n) is 9.41. The van der Waals surface area contributed by atoms with Crippen molar-refractivity contribution in [2.75, 3.05) is 16.8 Å². The van der Waals surface area contributed by atoms with E-state index in [0.29, 0.717) is 5.69 Å². The lowest BCUT2D eigenvalue weighted by atomic mass is 9.55. The van der Waals surface area contributed by atoms with E-state index in [4.69, 9.17) is 4.74 Å². The number of carbonyl (C=O) groups is 4. The number of imide groups is 1. The number of anilines is 2. The molecule has 8 rings (SSSR count). The number of ether oxygens (including phenoxy) is 1. The van der Waals surface area contributed by atoms with E-state index in [-0.39, 0.29) is 29.2 Å². The first kappa shape index (κ1) is 27.8. The number of carbonyl (C=O) groups excluding carboxylic acids is 4. The zero-order valence-corrected chi connectivity index (χ0v) is 24.6. The minimum atomic E-state index is -0.664. The lowest BCUT2D eigenvalue weighted by molar-refractivity contribution is -0.122. The third-order valence-corrected chi connectivity index (χ3v) is 9.41. The molecule has 44 heavy (non-hydrogen) atoms. The summed E-state index contributed by atoms with van der Waals surface area (Å²) >= 11 is 0. The summed E-state index contributed by atoms with van der Waals surface area (Å²) in [5.41, 5.74) is 7.91. The molecule has 0 radical (unpaired) electrons. The van der Waals surface area contributed by atoms with Crippen molar-refractivity contribution in [3.63, 3.8) is 0 Å². The van der Waals surface area contributed by atoms with E-state index in [0.717, 1.165) is 51.9 Å². The highest BCUT2D eigenvalue weighted by Crippen LogP contribution is 2.61. The number of nitrogens with zero attached hydrogens (tertiary/aromatic N) is 1. The van der Waals surface area contributed by atoms with Gasteiger partial charge in [0.15, 0.2) is 6.61 Å². The van der Waals surface area contributed by atoms with Gasteiger partial charge in [-0.15, -0.1) is 0 Å². The number of nitrogens with one attached hydrogen (secondary N) is 1. The van der Waals surface area contributed by atoms with Crippen molar-refractivity contribution >= 4 is 35.1 Å². The first-order valence-corrected chi connectivity index (χ1v) is 15.2. The predicted molar refractivity (Wildman–Crippen MR) is 167 cm³/mol. The quantitative estimate of drug-likeness (QED) is 0.212. The molecule has 1 saturated heterocycles. The number of aryl methyl sites for hydroxylation is 2. The van der Waals surface area contributed by atoms with Gasteiger partial charge in [0, 0.05) is 17.5 Å². The second-order valence-corrected chi connectivity index (χ2v) is 11.6. The molecule has 7 heteroatoms. The van der Waals surface area contributed by atoms with Gasteiger partial charge < -0.3 is 10.1 Å². The molecule has 2 atom stereocenters. The zero-order chi connectivity index (χ0) is 30.5. The van der Waals surface area contributed by atoms with Gasteiger partial charge in [0.05, 0.1) is 23.1 Å². The molecule has 7 nitrogen and oxygen atoms in total. The summed E-state index contributed by atoms with van der Waals surface area (Å²) in [5.74, 6) is -2.84. The molecule has 4 aliphatic rings. The van der Waals surface area contributed by atoms with Gasteiger partial charge in [-0.3, -0.25) is 14.4 Å². The van der Waals surface area contributed by atoms with E-state index >= 15 is 0 Å². The summed E-state index contributed by atoms with van der Waals surface area (Å²) in [5, 5.41) is 2.90. The van der Waals surface area contributed by atoms with Gasteiger partial charge in [0.1, 0.15) is 0 Å². The first-order chi connectivity index (χ1) is 21.4. The van der Waals surface area contributed by atoms with Crippen LogP contribution in [0.1, 0.15) is 69.4 Å². The average molecular weight is 585 g/mol. The smallest absolute Gasteiger partial charge is 0.338 e. The molecule has 1 aliphatic heterocycles. The number of para-hydroxylation sites is 1. The Bertz CT molecular complexity index is 1690. The monoisotopic (exact) mass is 584 g/mol. The zero-order valence-electron chi connectivity index (χ0n) is 24.6. The van der Waals surface area contributed by atoms with Crippen molar-refractivity contribution < 1.29 is 23.9 Å². The average Bonchev–Trinajstić information content (AvgIpc) is 3.33. The molecular formula is C37H32N2O5. The molecule has 4 aromatic carbocycles. The number of rotatable bonds is 7. The summed E-state index contributed by atoms with van der Waals surface area (Å²) in [6.07, 6.45) is 1.53. The normalized spacial score (nSPS) is 21.0. The molecule has 1 heterocycles. The fraction of sp³-hybridized carbons (Fsp3) is 0.243. The first-order valence-electron chi connectivity index (χ1n) is 15.2. The van der Waals surface area contributed by atoms with Crippen molar-refractivity contribution in [1.82, 2.24) is 0 Å². The van der Waals surface area contributed by atoms with Crippen LogP contribution >= 0.6 is 0 Å². The molecule has 3 aliphatic carbocycles. The van der Waals surface area contributed by atoms with Crippen LogP contribution < -0.4 is 10.2 Å². The Morgan fingerprint density at radius 1 is 0.682 bits per heavy atom. The molecular weight excluding hydrogens is 552 g/mol. The lowest BCUT2D eigenvalue weighted by Crippen LogP contribution is -2.41. The van der Waals surface area contributed by atoms with Gasteiger partial charge >= 0.3 is 5.97 Å². The summed E-state index contributed by atoms with van der Waals surface area (Å²) < 4.78 is 5.30. The summed E-state index contributed by atoms with van der Waals surface area (Å²) in [7, 11) is 0. The van der Waals surface area contributed by atoms with Crippen molar-refractivity contribution in [3.05, 3.63) is 130 Å². The maximum Gasteiger partial charge on any atom is 0.338 e. The Hall–Kier alpha value is -5.04. The molecule has 2 bridgehead atoms. The highest BCUT2D eigenvalue weighted by Gasteiger charge is 2.61. The molecule has 0 aromatic heterocycles. The standard InChI is InChI=1S/C37H32N2O5/c1-3-21-10-9-11-22(4-2)34(21)38-29(40)20-44-37(43)23-16-18-24(19-17-23)39-35(41)32-30-25-12-5-6-13-26(25)31(33(32)36(39)42)28-15-8-7-14-27(28)30/h5-19,30-33H,3-4,20H2,1-2H3,(H,38,40)/t30?,31?,32-,33-/m1/s1. The lowest BCUT2D eigenvalue weighted by Gasteiger charge is -2.45. The molecule has 0 unspecified atom stereocenters. The predicted octanol–water partition coefficient (Wildman–Crippen LogP) is 6.00.